The highest BCUT2D eigenvalue weighted by Crippen LogP contribution is 2.07. The van der Waals surface area contributed by atoms with Crippen LogP contribution in [0.1, 0.15) is 13.8 Å². The fourth-order valence-electron chi connectivity index (χ4n) is 1.25. The Bertz CT molecular complexity index is 337. The van der Waals surface area contributed by atoms with Gasteiger partial charge in [0.25, 0.3) is 5.56 Å². The average Bonchev–Trinajstić information content (AvgIpc) is 2.15. The number of nitrogens with zero attached hydrogens (tertiary/aromatic N) is 2. The number of rotatable bonds is 4. The van der Waals surface area contributed by atoms with Gasteiger partial charge in [-0.1, -0.05) is 0 Å². The molecule has 14 heavy (non-hydrogen) atoms. The summed E-state index contributed by atoms with van der Waals surface area (Å²) in [5.74, 6) is 0.914. The van der Waals surface area contributed by atoms with Crippen molar-refractivity contribution in [2.24, 2.45) is 0 Å². The van der Waals surface area contributed by atoms with Crippen LogP contribution in [-0.4, -0.2) is 28.4 Å². The van der Waals surface area contributed by atoms with Crippen LogP contribution in [-0.2, 0) is 0 Å². The molecule has 0 radical (unpaired) electrons. The quantitative estimate of drug-likeness (QED) is 0.769. The monoisotopic (exact) mass is 215 g/mol. The number of hydrogen-bond donors (Lipinski definition) is 1. The van der Waals surface area contributed by atoms with E-state index in [9.17, 15) is 4.79 Å². The van der Waals surface area contributed by atoms with E-state index < -0.39 is 0 Å². The van der Waals surface area contributed by atoms with Crippen molar-refractivity contribution >= 4 is 17.4 Å². The van der Waals surface area contributed by atoms with Crippen LogP contribution >= 0.6 is 11.6 Å². The summed E-state index contributed by atoms with van der Waals surface area (Å²) in [7, 11) is 0. The molecule has 0 bridgehead atoms. The van der Waals surface area contributed by atoms with Crippen molar-refractivity contribution in [2.45, 2.75) is 19.9 Å². The van der Waals surface area contributed by atoms with Gasteiger partial charge in [-0.15, -0.1) is 11.6 Å². The number of alkyl halides is 1. The molecule has 0 aliphatic rings. The molecule has 1 heterocycles. The molecule has 0 unspecified atom stereocenters. The second kappa shape index (κ2) is 5.00. The van der Waals surface area contributed by atoms with Crippen LogP contribution in [0, 0.1) is 0 Å². The maximum absolute atomic E-state index is 11.4. The molecular weight excluding hydrogens is 202 g/mol. The molecule has 0 spiro atoms. The van der Waals surface area contributed by atoms with Gasteiger partial charge in [0.05, 0.1) is 0 Å². The first kappa shape index (κ1) is 11.0. The zero-order valence-electron chi connectivity index (χ0n) is 8.33. The van der Waals surface area contributed by atoms with Crippen molar-refractivity contribution in [1.82, 2.24) is 9.97 Å². The van der Waals surface area contributed by atoms with Crippen LogP contribution in [0.15, 0.2) is 17.2 Å². The van der Waals surface area contributed by atoms with Crippen LogP contribution in [0.25, 0.3) is 0 Å². The Morgan fingerprint density at radius 3 is 2.86 bits per heavy atom. The SMILES string of the molecule is CC(C)N(CCCl)c1ncc[nH]c1=O. The summed E-state index contributed by atoms with van der Waals surface area (Å²) in [4.78, 5) is 20.0. The van der Waals surface area contributed by atoms with Crippen molar-refractivity contribution in [1.29, 1.82) is 0 Å². The standard InChI is InChI=1S/C9H14ClN3O/c1-7(2)13(6-3-10)8-9(14)12-5-4-11-8/h4-5,7H,3,6H2,1-2H3,(H,12,14). The normalized spacial score (nSPS) is 10.6. The lowest BCUT2D eigenvalue weighted by Crippen LogP contribution is -2.37. The van der Waals surface area contributed by atoms with E-state index in [-0.39, 0.29) is 11.6 Å². The summed E-state index contributed by atoms with van der Waals surface area (Å²) in [6, 6.07) is 0.213. The average molecular weight is 216 g/mol. The topological polar surface area (TPSA) is 49.0 Å². The molecule has 0 aliphatic carbocycles. The molecule has 0 aromatic carbocycles. The Hall–Kier alpha value is -1.03. The molecule has 1 N–H and O–H groups in total. The molecule has 0 atom stereocenters. The Balaban J connectivity index is 2.99. The van der Waals surface area contributed by atoms with Crippen molar-refractivity contribution in [3.05, 3.63) is 22.7 Å². The van der Waals surface area contributed by atoms with Crippen LogP contribution < -0.4 is 10.5 Å². The third-order valence-electron chi connectivity index (χ3n) is 1.91. The molecule has 1 aromatic rings. The minimum Gasteiger partial charge on any atom is -0.348 e. The first-order valence-electron chi connectivity index (χ1n) is 4.53. The van der Waals surface area contributed by atoms with Crippen molar-refractivity contribution in [3.8, 4) is 0 Å². The zero-order chi connectivity index (χ0) is 10.6. The molecule has 0 saturated carbocycles. The fraction of sp³-hybridized carbons (Fsp3) is 0.556. The summed E-state index contributed by atoms with van der Waals surface area (Å²) in [6.45, 7) is 4.63. The molecule has 1 rings (SSSR count). The molecule has 0 aliphatic heterocycles. The Kier molecular flexibility index (Phi) is 3.95. The smallest absolute Gasteiger partial charge is 0.290 e. The van der Waals surface area contributed by atoms with Crippen LogP contribution in [0.2, 0.25) is 0 Å². The van der Waals surface area contributed by atoms with E-state index in [1.54, 1.807) is 6.20 Å². The van der Waals surface area contributed by atoms with E-state index in [2.05, 4.69) is 9.97 Å². The largest absolute Gasteiger partial charge is 0.348 e. The van der Waals surface area contributed by atoms with Gasteiger partial charge < -0.3 is 9.88 Å². The van der Waals surface area contributed by atoms with Crippen molar-refractivity contribution in [3.63, 3.8) is 0 Å². The van der Waals surface area contributed by atoms with Crippen LogP contribution in [0.3, 0.4) is 0 Å². The lowest BCUT2D eigenvalue weighted by molar-refractivity contribution is 0.689. The summed E-state index contributed by atoms with van der Waals surface area (Å²) < 4.78 is 0. The van der Waals surface area contributed by atoms with Gasteiger partial charge in [-0.2, -0.15) is 0 Å². The van der Waals surface area contributed by atoms with E-state index in [0.29, 0.717) is 18.2 Å². The Morgan fingerprint density at radius 1 is 1.64 bits per heavy atom. The number of anilines is 1. The van der Waals surface area contributed by atoms with Gasteiger partial charge in [0, 0.05) is 30.9 Å². The predicted molar refractivity (Wildman–Crippen MR) is 58.1 cm³/mol. The molecule has 1 aromatic heterocycles. The van der Waals surface area contributed by atoms with Crippen LogP contribution in [0.5, 0.6) is 0 Å². The highest BCUT2D eigenvalue weighted by atomic mass is 35.5. The first-order valence-corrected chi connectivity index (χ1v) is 5.06. The fourth-order valence-corrected chi connectivity index (χ4v) is 1.43. The van der Waals surface area contributed by atoms with Gasteiger partial charge in [0.15, 0.2) is 5.82 Å². The third-order valence-corrected chi connectivity index (χ3v) is 2.08. The van der Waals surface area contributed by atoms with E-state index in [4.69, 9.17) is 11.6 Å². The molecule has 0 saturated heterocycles. The Morgan fingerprint density at radius 2 is 2.36 bits per heavy atom. The molecule has 78 valence electrons. The van der Waals surface area contributed by atoms with Crippen LogP contribution in [0.4, 0.5) is 5.82 Å². The first-order chi connectivity index (χ1) is 6.66. The van der Waals surface area contributed by atoms with Gasteiger partial charge in [0.2, 0.25) is 0 Å². The van der Waals surface area contributed by atoms with Gasteiger partial charge in [-0.05, 0) is 13.8 Å². The van der Waals surface area contributed by atoms with Crippen molar-refractivity contribution < 1.29 is 0 Å². The number of nitrogens with one attached hydrogen (secondary N) is 1. The lowest BCUT2D eigenvalue weighted by atomic mass is 10.3. The lowest BCUT2D eigenvalue weighted by Gasteiger charge is -2.25. The number of hydrogen-bond acceptors (Lipinski definition) is 3. The molecule has 0 fully saturated rings. The van der Waals surface area contributed by atoms with Crippen molar-refractivity contribution in [2.75, 3.05) is 17.3 Å². The summed E-state index contributed by atoms with van der Waals surface area (Å²) in [5.41, 5.74) is -0.175. The van der Waals surface area contributed by atoms with Gasteiger partial charge in [-0.25, -0.2) is 4.98 Å². The second-order valence-electron chi connectivity index (χ2n) is 3.22. The number of aromatic nitrogens is 2. The maximum atomic E-state index is 11.4. The minimum atomic E-state index is -0.175. The second-order valence-corrected chi connectivity index (χ2v) is 3.60. The Labute approximate surface area is 87.9 Å². The molecular formula is C9H14ClN3O. The minimum absolute atomic E-state index is 0.175. The number of halogens is 1. The summed E-state index contributed by atoms with van der Waals surface area (Å²) in [6.07, 6.45) is 3.09. The number of H-pyrrole nitrogens is 1. The van der Waals surface area contributed by atoms with E-state index in [0.717, 1.165) is 0 Å². The third kappa shape index (κ3) is 2.48. The highest BCUT2D eigenvalue weighted by Gasteiger charge is 2.13. The maximum Gasteiger partial charge on any atom is 0.290 e. The highest BCUT2D eigenvalue weighted by molar-refractivity contribution is 6.18. The van der Waals surface area contributed by atoms with Gasteiger partial charge in [0.1, 0.15) is 0 Å². The van der Waals surface area contributed by atoms with Gasteiger partial charge >= 0.3 is 0 Å². The summed E-state index contributed by atoms with van der Waals surface area (Å²) >= 11 is 5.66. The van der Waals surface area contributed by atoms with E-state index in [1.165, 1.54) is 6.20 Å². The summed E-state index contributed by atoms with van der Waals surface area (Å²) in [5, 5.41) is 0. The zero-order valence-corrected chi connectivity index (χ0v) is 9.08. The number of aromatic amines is 1. The molecule has 4 nitrogen and oxygen atoms in total. The molecule has 5 heteroatoms. The molecule has 0 amide bonds. The van der Waals surface area contributed by atoms with E-state index in [1.807, 2.05) is 18.7 Å². The van der Waals surface area contributed by atoms with E-state index >= 15 is 0 Å². The van der Waals surface area contributed by atoms with Gasteiger partial charge in [-0.3, -0.25) is 4.79 Å². The predicted octanol–water partition coefficient (Wildman–Crippen LogP) is 1.22.